The first-order valence-electron chi connectivity index (χ1n) is 4.44. The van der Waals surface area contributed by atoms with Gasteiger partial charge in [-0.25, -0.2) is 4.98 Å². The van der Waals surface area contributed by atoms with E-state index in [1.807, 2.05) is 17.8 Å². The molecule has 66 valence electrons. The van der Waals surface area contributed by atoms with E-state index in [-0.39, 0.29) is 6.61 Å². The molecule has 0 unspecified atom stereocenters. The molecule has 1 aliphatic carbocycles. The maximum Gasteiger partial charge on any atom is 0.111 e. The molecule has 1 saturated carbocycles. The van der Waals surface area contributed by atoms with Gasteiger partial charge in [-0.15, -0.1) is 0 Å². The van der Waals surface area contributed by atoms with Crippen molar-refractivity contribution in [2.45, 2.75) is 31.8 Å². The Balaban J connectivity index is 2.23. The van der Waals surface area contributed by atoms with Crippen molar-refractivity contribution in [3.8, 4) is 0 Å². The van der Waals surface area contributed by atoms with Crippen LogP contribution in [0.4, 0.5) is 0 Å². The standard InChI is InChI=1S/C9H14N2O/c1-11-5-8(6-12)10-9(11)7-3-2-4-7/h5,7,12H,2-4,6H2,1H3. The molecule has 1 aliphatic rings. The van der Waals surface area contributed by atoms with E-state index in [4.69, 9.17) is 5.11 Å². The lowest BCUT2D eigenvalue weighted by molar-refractivity contribution is 0.276. The van der Waals surface area contributed by atoms with E-state index in [1.165, 1.54) is 19.3 Å². The Morgan fingerprint density at radius 1 is 1.67 bits per heavy atom. The fourth-order valence-corrected chi connectivity index (χ4v) is 1.67. The van der Waals surface area contributed by atoms with Gasteiger partial charge in [0.25, 0.3) is 0 Å². The number of aromatic nitrogens is 2. The zero-order valence-corrected chi connectivity index (χ0v) is 7.32. The van der Waals surface area contributed by atoms with Gasteiger partial charge in [0, 0.05) is 19.2 Å². The van der Waals surface area contributed by atoms with Gasteiger partial charge in [-0.05, 0) is 12.8 Å². The zero-order valence-electron chi connectivity index (χ0n) is 7.32. The number of hydrogen-bond donors (Lipinski definition) is 1. The van der Waals surface area contributed by atoms with Crippen molar-refractivity contribution in [3.63, 3.8) is 0 Å². The number of imidazole rings is 1. The number of aliphatic hydroxyl groups is 1. The normalized spacial score (nSPS) is 17.8. The Morgan fingerprint density at radius 2 is 2.42 bits per heavy atom. The van der Waals surface area contributed by atoms with Crippen LogP contribution in [-0.2, 0) is 13.7 Å². The molecule has 0 atom stereocenters. The van der Waals surface area contributed by atoms with Crippen LogP contribution >= 0.6 is 0 Å². The SMILES string of the molecule is Cn1cc(CO)nc1C1CCC1. The lowest BCUT2D eigenvalue weighted by Gasteiger charge is -2.24. The van der Waals surface area contributed by atoms with Gasteiger partial charge in [0.2, 0.25) is 0 Å². The van der Waals surface area contributed by atoms with Gasteiger partial charge in [0.1, 0.15) is 5.82 Å². The monoisotopic (exact) mass is 166 g/mol. The fourth-order valence-electron chi connectivity index (χ4n) is 1.67. The summed E-state index contributed by atoms with van der Waals surface area (Å²) in [6.45, 7) is 0.0561. The highest BCUT2D eigenvalue weighted by Crippen LogP contribution is 2.35. The Labute approximate surface area is 72.0 Å². The quantitative estimate of drug-likeness (QED) is 0.716. The van der Waals surface area contributed by atoms with Crippen molar-refractivity contribution < 1.29 is 5.11 Å². The molecular formula is C9H14N2O. The minimum Gasteiger partial charge on any atom is -0.390 e. The van der Waals surface area contributed by atoms with Crippen LogP contribution in [0, 0.1) is 0 Å². The summed E-state index contributed by atoms with van der Waals surface area (Å²) < 4.78 is 2.04. The summed E-state index contributed by atoms with van der Waals surface area (Å²) in [6, 6.07) is 0. The van der Waals surface area contributed by atoms with Gasteiger partial charge in [0.05, 0.1) is 12.3 Å². The highest BCUT2D eigenvalue weighted by atomic mass is 16.3. The van der Waals surface area contributed by atoms with E-state index >= 15 is 0 Å². The molecule has 0 amide bonds. The Kier molecular flexibility index (Phi) is 1.89. The largest absolute Gasteiger partial charge is 0.390 e. The molecule has 1 N–H and O–H groups in total. The first kappa shape index (κ1) is 7.80. The van der Waals surface area contributed by atoms with Crippen molar-refractivity contribution in [1.82, 2.24) is 9.55 Å². The van der Waals surface area contributed by atoms with Crippen molar-refractivity contribution in [2.75, 3.05) is 0 Å². The second-order valence-corrected chi connectivity index (χ2v) is 3.49. The van der Waals surface area contributed by atoms with Crippen LogP contribution in [-0.4, -0.2) is 14.7 Å². The predicted molar refractivity (Wildman–Crippen MR) is 45.7 cm³/mol. The van der Waals surface area contributed by atoms with Crippen LogP contribution in [0.3, 0.4) is 0 Å². The second kappa shape index (κ2) is 2.90. The molecule has 0 aromatic carbocycles. The maximum atomic E-state index is 8.87. The molecule has 1 fully saturated rings. The van der Waals surface area contributed by atoms with Crippen LogP contribution in [0.5, 0.6) is 0 Å². The number of aliphatic hydroxyl groups excluding tert-OH is 1. The zero-order chi connectivity index (χ0) is 8.55. The minimum atomic E-state index is 0.0561. The fraction of sp³-hybridized carbons (Fsp3) is 0.667. The maximum absolute atomic E-state index is 8.87. The number of nitrogens with zero attached hydrogens (tertiary/aromatic N) is 2. The highest BCUT2D eigenvalue weighted by Gasteiger charge is 2.23. The summed E-state index contributed by atoms with van der Waals surface area (Å²) in [7, 11) is 2.00. The third kappa shape index (κ3) is 1.14. The summed E-state index contributed by atoms with van der Waals surface area (Å²) >= 11 is 0. The molecule has 0 radical (unpaired) electrons. The van der Waals surface area contributed by atoms with Gasteiger partial charge in [-0.2, -0.15) is 0 Å². The molecule has 3 nitrogen and oxygen atoms in total. The smallest absolute Gasteiger partial charge is 0.111 e. The minimum absolute atomic E-state index is 0.0561. The van der Waals surface area contributed by atoms with E-state index in [2.05, 4.69) is 4.98 Å². The van der Waals surface area contributed by atoms with Gasteiger partial charge in [-0.1, -0.05) is 6.42 Å². The molecule has 0 spiro atoms. The lowest BCUT2D eigenvalue weighted by Crippen LogP contribution is -2.13. The van der Waals surface area contributed by atoms with Gasteiger partial charge in [0.15, 0.2) is 0 Å². The van der Waals surface area contributed by atoms with E-state index in [9.17, 15) is 0 Å². The van der Waals surface area contributed by atoms with Gasteiger partial charge < -0.3 is 9.67 Å². The summed E-state index contributed by atoms with van der Waals surface area (Å²) in [5.41, 5.74) is 0.791. The molecule has 1 heterocycles. The first-order chi connectivity index (χ1) is 5.81. The average Bonchev–Trinajstić information content (AvgIpc) is 2.29. The Bertz CT molecular complexity index is 276. The molecule has 0 bridgehead atoms. The van der Waals surface area contributed by atoms with Crippen molar-refractivity contribution in [2.24, 2.45) is 7.05 Å². The van der Waals surface area contributed by atoms with E-state index in [0.29, 0.717) is 5.92 Å². The number of aryl methyl sites for hydroxylation is 1. The van der Waals surface area contributed by atoms with Gasteiger partial charge >= 0.3 is 0 Å². The van der Waals surface area contributed by atoms with Gasteiger partial charge in [-0.3, -0.25) is 0 Å². The number of rotatable bonds is 2. The van der Waals surface area contributed by atoms with Crippen LogP contribution in [0.15, 0.2) is 6.20 Å². The van der Waals surface area contributed by atoms with E-state index in [1.54, 1.807) is 0 Å². The highest BCUT2D eigenvalue weighted by molar-refractivity contribution is 5.09. The van der Waals surface area contributed by atoms with Crippen molar-refractivity contribution >= 4 is 0 Å². The molecule has 2 rings (SSSR count). The first-order valence-corrected chi connectivity index (χ1v) is 4.44. The molecular weight excluding hydrogens is 152 g/mol. The predicted octanol–water partition coefficient (Wildman–Crippen LogP) is 1.18. The summed E-state index contributed by atoms with van der Waals surface area (Å²) in [5.74, 6) is 1.79. The summed E-state index contributed by atoms with van der Waals surface area (Å²) in [6.07, 6.45) is 5.76. The summed E-state index contributed by atoms with van der Waals surface area (Å²) in [4.78, 5) is 4.36. The van der Waals surface area contributed by atoms with E-state index < -0.39 is 0 Å². The molecule has 1 aromatic rings. The van der Waals surface area contributed by atoms with Crippen molar-refractivity contribution in [1.29, 1.82) is 0 Å². The Hall–Kier alpha value is -0.830. The lowest BCUT2D eigenvalue weighted by atomic mass is 9.85. The van der Waals surface area contributed by atoms with Crippen LogP contribution in [0.1, 0.15) is 36.7 Å². The number of hydrogen-bond acceptors (Lipinski definition) is 2. The van der Waals surface area contributed by atoms with Crippen LogP contribution in [0.2, 0.25) is 0 Å². The molecule has 12 heavy (non-hydrogen) atoms. The topological polar surface area (TPSA) is 38.0 Å². The molecule has 0 aliphatic heterocycles. The van der Waals surface area contributed by atoms with Crippen LogP contribution in [0.25, 0.3) is 0 Å². The van der Waals surface area contributed by atoms with Crippen molar-refractivity contribution in [3.05, 3.63) is 17.7 Å². The second-order valence-electron chi connectivity index (χ2n) is 3.49. The van der Waals surface area contributed by atoms with E-state index in [0.717, 1.165) is 11.5 Å². The van der Waals surface area contributed by atoms with Crippen LogP contribution < -0.4 is 0 Å². The summed E-state index contributed by atoms with van der Waals surface area (Å²) in [5, 5.41) is 8.87. The molecule has 0 saturated heterocycles. The average molecular weight is 166 g/mol. The molecule has 1 aromatic heterocycles. The third-order valence-electron chi connectivity index (χ3n) is 2.59. The third-order valence-corrected chi connectivity index (χ3v) is 2.59. The Morgan fingerprint density at radius 3 is 2.83 bits per heavy atom. The molecule has 3 heteroatoms.